The normalized spacial score (nSPS) is 17.1. The summed E-state index contributed by atoms with van der Waals surface area (Å²) in [7, 11) is 1.71. The third-order valence-electron chi connectivity index (χ3n) is 7.24. The predicted octanol–water partition coefficient (Wildman–Crippen LogP) is 3.88. The molecule has 0 saturated heterocycles. The number of nitrogens with zero attached hydrogens (tertiary/aromatic N) is 5. The van der Waals surface area contributed by atoms with Crippen molar-refractivity contribution in [2.24, 2.45) is 0 Å². The minimum absolute atomic E-state index is 0.182. The Morgan fingerprint density at radius 2 is 1.81 bits per heavy atom. The van der Waals surface area contributed by atoms with E-state index >= 15 is 0 Å². The van der Waals surface area contributed by atoms with Crippen LogP contribution in [-0.4, -0.2) is 63.0 Å². The lowest BCUT2D eigenvalue weighted by atomic mass is 9.90. The zero-order valence-corrected chi connectivity index (χ0v) is 20.8. The molecule has 0 saturated carbocycles. The predicted molar refractivity (Wildman–Crippen MR) is 135 cm³/mol. The molecule has 8 heteroatoms. The van der Waals surface area contributed by atoms with Crippen LogP contribution < -0.4 is 0 Å². The lowest BCUT2D eigenvalue weighted by molar-refractivity contribution is 0.0648. The smallest absolute Gasteiger partial charge is 0.261 e. The zero-order valence-electron chi connectivity index (χ0n) is 20.8. The molecule has 2 aromatic heterocycles. The second-order valence-electron chi connectivity index (χ2n) is 9.47. The van der Waals surface area contributed by atoms with E-state index in [1.807, 2.05) is 24.7 Å². The summed E-state index contributed by atoms with van der Waals surface area (Å²) >= 11 is 0. The summed E-state index contributed by atoms with van der Waals surface area (Å²) in [6.07, 6.45) is 10.6. The van der Waals surface area contributed by atoms with Crippen molar-refractivity contribution in [1.82, 2.24) is 24.3 Å². The molecule has 2 aliphatic rings. The van der Waals surface area contributed by atoms with Crippen molar-refractivity contribution in [2.45, 2.75) is 51.2 Å². The fraction of sp³-hybridized carbons (Fsp3) is 0.429. The van der Waals surface area contributed by atoms with Gasteiger partial charge in [0.15, 0.2) is 0 Å². The van der Waals surface area contributed by atoms with E-state index in [0.717, 1.165) is 51.0 Å². The second kappa shape index (κ2) is 11.1. The quantitative estimate of drug-likeness (QED) is 0.302. The van der Waals surface area contributed by atoms with Crippen LogP contribution in [0.25, 0.3) is 0 Å². The summed E-state index contributed by atoms with van der Waals surface area (Å²) in [4.78, 5) is 38.7. The SMILES string of the molecule is COCCn1ccnc1CN(CCCCN1C(=O)c2ccccc2C1=O)C1CCCc2cccnc21. The van der Waals surface area contributed by atoms with Gasteiger partial charge in [0.2, 0.25) is 0 Å². The van der Waals surface area contributed by atoms with Crippen LogP contribution in [0.2, 0.25) is 0 Å². The molecular formula is C28H33N5O3. The van der Waals surface area contributed by atoms with E-state index in [-0.39, 0.29) is 17.9 Å². The molecule has 3 aromatic rings. The highest BCUT2D eigenvalue weighted by atomic mass is 16.5. The largest absolute Gasteiger partial charge is 0.383 e. The lowest BCUT2D eigenvalue weighted by Crippen LogP contribution is -2.35. The van der Waals surface area contributed by atoms with Gasteiger partial charge in [-0.05, 0) is 62.4 Å². The highest BCUT2D eigenvalue weighted by molar-refractivity contribution is 6.21. The van der Waals surface area contributed by atoms with Crippen molar-refractivity contribution in [3.63, 3.8) is 0 Å². The van der Waals surface area contributed by atoms with Crippen LogP contribution in [0.1, 0.15) is 69.5 Å². The van der Waals surface area contributed by atoms with Gasteiger partial charge in [0.25, 0.3) is 11.8 Å². The topological polar surface area (TPSA) is 80.6 Å². The number of methoxy groups -OCH3 is 1. The monoisotopic (exact) mass is 487 g/mol. The first-order valence-electron chi connectivity index (χ1n) is 12.8. The van der Waals surface area contributed by atoms with Crippen LogP contribution in [0.4, 0.5) is 0 Å². The number of hydrogen-bond donors (Lipinski definition) is 0. The van der Waals surface area contributed by atoms with Crippen LogP contribution in [0, 0.1) is 0 Å². The molecule has 1 aliphatic carbocycles. The molecule has 2 amide bonds. The Morgan fingerprint density at radius 1 is 1.00 bits per heavy atom. The first kappa shape index (κ1) is 24.3. The number of rotatable bonds is 11. The van der Waals surface area contributed by atoms with Crippen LogP contribution in [0.3, 0.4) is 0 Å². The molecule has 1 atom stereocenters. The van der Waals surface area contributed by atoms with Gasteiger partial charge < -0.3 is 9.30 Å². The number of benzene rings is 1. The highest BCUT2D eigenvalue weighted by Gasteiger charge is 2.34. The number of carbonyl (C=O) groups is 2. The minimum atomic E-state index is -0.182. The van der Waals surface area contributed by atoms with E-state index in [9.17, 15) is 9.59 Å². The summed E-state index contributed by atoms with van der Waals surface area (Å²) in [6.45, 7) is 3.38. The van der Waals surface area contributed by atoms with Gasteiger partial charge in [-0.15, -0.1) is 0 Å². The number of amides is 2. The Balaban J connectivity index is 1.27. The number of aryl methyl sites for hydroxylation is 1. The number of pyridine rings is 1. The third kappa shape index (κ3) is 4.96. The van der Waals surface area contributed by atoms with Gasteiger partial charge in [0, 0.05) is 38.8 Å². The van der Waals surface area contributed by atoms with Crippen LogP contribution in [-0.2, 0) is 24.2 Å². The Bertz CT molecular complexity index is 1190. The average molecular weight is 488 g/mol. The molecule has 3 heterocycles. The fourth-order valence-corrected chi connectivity index (χ4v) is 5.38. The summed E-state index contributed by atoms with van der Waals surface area (Å²) < 4.78 is 7.43. The number of ether oxygens (including phenoxy) is 1. The molecule has 1 aromatic carbocycles. The number of imide groups is 1. The van der Waals surface area contributed by atoms with Gasteiger partial charge in [0.1, 0.15) is 5.82 Å². The molecular weight excluding hydrogens is 454 g/mol. The standard InChI is InChI=1S/C28H33N5O3/c1-36-19-18-31-17-14-29-25(31)20-32(24-12-6-8-21-9-7-13-30-26(21)24)15-4-5-16-33-27(34)22-10-2-3-11-23(22)28(33)35/h2-3,7,9-11,13-14,17,24H,4-6,8,12,15-16,18-20H2,1H3. The second-order valence-corrected chi connectivity index (χ2v) is 9.47. The van der Waals surface area contributed by atoms with Gasteiger partial charge in [-0.25, -0.2) is 4.98 Å². The maximum atomic E-state index is 12.7. The van der Waals surface area contributed by atoms with Gasteiger partial charge >= 0.3 is 0 Å². The van der Waals surface area contributed by atoms with Gasteiger partial charge in [-0.1, -0.05) is 18.2 Å². The molecule has 8 nitrogen and oxygen atoms in total. The molecule has 0 spiro atoms. The summed E-state index contributed by atoms with van der Waals surface area (Å²) in [5.74, 6) is 0.645. The summed E-state index contributed by atoms with van der Waals surface area (Å²) in [5, 5.41) is 0. The lowest BCUT2D eigenvalue weighted by Gasteiger charge is -2.35. The molecule has 36 heavy (non-hydrogen) atoms. The fourth-order valence-electron chi connectivity index (χ4n) is 5.38. The van der Waals surface area contributed by atoms with E-state index in [2.05, 4.69) is 20.5 Å². The van der Waals surface area contributed by atoms with Crippen LogP contribution in [0.5, 0.6) is 0 Å². The number of carbonyl (C=O) groups excluding carboxylic acids is 2. The van der Waals surface area contributed by atoms with Crippen LogP contribution >= 0.6 is 0 Å². The van der Waals surface area contributed by atoms with Crippen molar-refractivity contribution < 1.29 is 14.3 Å². The summed E-state index contributed by atoms with van der Waals surface area (Å²) in [5.41, 5.74) is 3.51. The molecule has 0 bridgehead atoms. The third-order valence-corrected chi connectivity index (χ3v) is 7.24. The summed E-state index contributed by atoms with van der Waals surface area (Å²) in [6, 6.07) is 11.5. The molecule has 0 radical (unpaired) electrons. The van der Waals surface area contributed by atoms with Gasteiger partial charge in [0.05, 0.1) is 36.0 Å². The van der Waals surface area contributed by atoms with Gasteiger partial charge in [-0.3, -0.25) is 24.4 Å². The van der Waals surface area contributed by atoms with E-state index in [1.54, 1.807) is 31.4 Å². The molecule has 1 aliphatic heterocycles. The first-order valence-corrected chi connectivity index (χ1v) is 12.8. The van der Waals surface area contributed by atoms with Crippen molar-refractivity contribution >= 4 is 11.8 Å². The van der Waals surface area contributed by atoms with Crippen molar-refractivity contribution in [3.8, 4) is 0 Å². The van der Waals surface area contributed by atoms with Crippen molar-refractivity contribution in [3.05, 3.63) is 83.2 Å². The number of imidazole rings is 1. The van der Waals surface area contributed by atoms with Crippen LogP contribution in [0.15, 0.2) is 55.0 Å². The molecule has 0 fully saturated rings. The Morgan fingerprint density at radius 3 is 2.58 bits per heavy atom. The first-order chi connectivity index (χ1) is 17.7. The van der Waals surface area contributed by atoms with E-state index in [1.165, 1.54) is 16.2 Å². The van der Waals surface area contributed by atoms with E-state index < -0.39 is 0 Å². The maximum absolute atomic E-state index is 12.7. The number of hydrogen-bond acceptors (Lipinski definition) is 6. The average Bonchev–Trinajstić information content (AvgIpc) is 3.46. The van der Waals surface area contributed by atoms with Gasteiger partial charge in [-0.2, -0.15) is 0 Å². The molecule has 1 unspecified atom stereocenters. The minimum Gasteiger partial charge on any atom is -0.383 e. The number of fused-ring (bicyclic) bond motifs is 2. The van der Waals surface area contributed by atoms with E-state index in [4.69, 9.17) is 9.72 Å². The molecule has 0 N–H and O–H groups in total. The Labute approximate surface area is 211 Å². The maximum Gasteiger partial charge on any atom is 0.261 e. The number of unbranched alkanes of at least 4 members (excludes halogenated alkanes) is 1. The highest BCUT2D eigenvalue weighted by Crippen LogP contribution is 2.34. The Hall–Kier alpha value is -3.36. The Kier molecular flexibility index (Phi) is 7.53. The van der Waals surface area contributed by atoms with Crippen molar-refractivity contribution in [1.29, 1.82) is 0 Å². The van der Waals surface area contributed by atoms with Crippen molar-refractivity contribution in [2.75, 3.05) is 26.8 Å². The molecule has 188 valence electrons. The zero-order chi connectivity index (χ0) is 24.9. The molecule has 5 rings (SSSR count). The van der Waals surface area contributed by atoms with E-state index in [0.29, 0.717) is 30.8 Å². The number of aromatic nitrogens is 3.